The Bertz CT molecular complexity index is 2460. The normalized spacial score (nSPS) is 13.1. The van der Waals surface area contributed by atoms with E-state index in [-0.39, 0.29) is 0 Å². The van der Waals surface area contributed by atoms with Crippen molar-refractivity contribution >= 4 is 0 Å². The van der Waals surface area contributed by atoms with E-state index < -0.39 is 5.41 Å². The smallest absolute Gasteiger partial charge is 0.160 e. The number of fused-ring (bicyclic) bond motifs is 9. The van der Waals surface area contributed by atoms with Gasteiger partial charge in [0.25, 0.3) is 0 Å². The van der Waals surface area contributed by atoms with Crippen LogP contribution in [0.15, 0.2) is 176 Å². The molecule has 1 aliphatic heterocycles. The van der Waals surface area contributed by atoms with Crippen LogP contribution in [0, 0.1) is 0 Å². The molecule has 0 atom stereocenters. The molecule has 10 rings (SSSR count). The number of hydrogen-bond donors (Lipinski definition) is 0. The highest BCUT2D eigenvalue weighted by Gasteiger charge is 2.50. The molecular weight excluding hydrogens is 611 g/mol. The molecule has 0 amide bonds. The van der Waals surface area contributed by atoms with E-state index in [1.807, 2.05) is 54.6 Å². The minimum atomic E-state index is -0.496. The van der Waals surface area contributed by atoms with E-state index in [9.17, 15) is 0 Å². The van der Waals surface area contributed by atoms with Crippen LogP contribution in [0.1, 0.15) is 22.3 Å². The van der Waals surface area contributed by atoms with Gasteiger partial charge in [-0.3, -0.25) is 4.98 Å². The molecule has 50 heavy (non-hydrogen) atoms. The van der Waals surface area contributed by atoms with E-state index in [1.54, 1.807) is 6.20 Å². The molecule has 0 N–H and O–H groups in total. The van der Waals surface area contributed by atoms with Gasteiger partial charge in [-0.2, -0.15) is 0 Å². The van der Waals surface area contributed by atoms with Gasteiger partial charge in [0, 0.05) is 28.5 Å². The minimum absolute atomic E-state index is 0.496. The molecule has 0 saturated carbocycles. The van der Waals surface area contributed by atoms with Gasteiger partial charge in [0.1, 0.15) is 11.5 Å². The van der Waals surface area contributed by atoms with Gasteiger partial charge in [-0.25, -0.2) is 9.97 Å². The second kappa shape index (κ2) is 11.2. The van der Waals surface area contributed by atoms with E-state index in [0.29, 0.717) is 5.82 Å². The molecule has 0 saturated heterocycles. The Balaban J connectivity index is 1.11. The van der Waals surface area contributed by atoms with Gasteiger partial charge < -0.3 is 4.74 Å². The topological polar surface area (TPSA) is 47.9 Å². The Labute approximate surface area is 290 Å². The van der Waals surface area contributed by atoms with Crippen LogP contribution in [-0.4, -0.2) is 15.0 Å². The van der Waals surface area contributed by atoms with Crippen molar-refractivity contribution in [1.82, 2.24) is 15.0 Å². The SMILES string of the molecule is c1ccc(-c2nc(-c3ccc(-c4ccc5c(c4)C4(c6ccccc6O5)c5ccccc5-c5ccccc54)cc3)cc(-c3ccccn3)n2)cc1. The van der Waals surface area contributed by atoms with Crippen molar-refractivity contribution in [1.29, 1.82) is 0 Å². The quantitative estimate of drug-likeness (QED) is 0.192. The summed E-state index contributed by atoms with van der Waals surface area (Å²) < 4.78 is 6.64. The third kappa shape index (κ3) is 4.28. The van der Waals surface area contributed by atoms with E-state index in [1.165, 1.54) is 27.8 Å². The summed E-state index contributed by atoms with van der Waals surface area (Å²) >= 11 is 0. The summed E-state index contributed by atoms with van der Waals surface area (Å²) in [5.41, 5.74) is 13.6. The Hall–Kier alpha value is -6.65. The molecule has 0 unspecified atom stereocenters. The molecule has 6 aromatic carbocycles. The Morgan fingerprint density at radius 2 is 0.980 bits per heavy atom. The van der Waals surface area contributed by atoms with Gasteiger partial charge in [-0.1, -0.05) is 133 Å². The highest BCUT2D eigenvalue weighted by atomic mass is 16.5. The van der Waals surface area contributed by atoms with Gasteiger partial charge in [-0.05, 0) is 69.8 Å². The lowest BCUT2D eigenvalue weighted by molar-refractivity contribution is 0.436. The zero-order valence-electron chi connectivity index (χ0n) is 27.0. The van der Waals surface area contributed by atoms with Crippen LogP contribution in [0.25, 0.3) is 56.3 Å². The van der Waals surface area contributed by atoms with Crippen molar-refractivity contribution in [3.8, 4) is 67.8 Å². The van der Waals surface area contributed by atoms with Crippen LogP contribution in [0.2, 0.25) is 0 Å². The molecule has 4 nitrogen and oxygen atoms in total. The third-order valence-corrected chi connectivity index (χ3v) is 10.0. The predicted molar refractivity (Wildman–Crippen MR) is 199 cm³/mol. The molecule has 1 spiro atoms. The molecule has 0 bridgehead atoms. The first-order valence-corrected chi connectivity index (χ1v) is 16.9. The highest BCUT2D eigenvalue weighted by molar-refractivity contribution is 5.89. The zero-order chi connectivity index (χ0) is 33.1. The minimum Gasteiger partial charge on any atom is -0.457 e. The molecule has 3 heterocycles. The van der Waals surface area contributed by atoms with Gasteiger partial charge in [0.05, 0.1) is 22.5 Å². The number of pyridine rings is 1. The van der Waals surface area contributed by atoms with Gasteiger partial charge in [-0.15, -0.1) is 0 Å². The average Bonchev–Trinajstić information content (AvgIpc) is 3.49. The second-order valence-electron chi connectivity index (χ2n) is 12.8. The monoisotopic (exact) mass is 639 g/mol. The highest BCUT2D eigenvalue weighted by Crippen LogP contribution is 2.62. The summed E-state index contributed by atoms with van der Waals surface area (Å²) in [5.74, 6) is 2.45. The van der Waals surface area contributed by atoms with Gasteiger partial charge in [0.2, 0.25) is 0 Å². The fourth-order valence-electron chi connectivity index (χ4n) is 7.83. The van der Waals surface area contributed by atoms with Gasteiger partial charge >= 0.3 is 0 Å². The number of ether oxygens (including phenoxy) is 1. The second-order valence-corrected chi connectivity index (χ2v) is 12.8. The van der Waals surface area contributed by atoms with Crippen LogP contribution in [0.4, 0.5) is 0 Å². The first kappa shape index (κ1) is 28.4. The Morgan fingerprint density at radius 1 is 0.380 bits per heavy atom. The first-order valence-electron chi connectivity index (χ1n) is 16.9. The maximum Gasteiger partial charge on any atom is 0.160 e. The molecule has 4 heteroatoms. The first-order chi connectivity index (χ1) is 24.8. The lowest BCUT2D eigenvalue weighted by Gasteiger charge is -2.39. The van der Waals surface area contributed by atoms with E-state index in [4.69, 9.17) is 14.7 Å². The molecule has 2 aliphatic rings. The lowest BCUT2D eigenvalue weighted by Crippen LogP contribution is -2.32. The summed E-state index contributed by atoms with van der Waals surface area (Å²) in [6, 6.07) is 59.4. The van der Waals surface area contributed by atoms with Crippen molar-refractivity contribution in [2.45, 2.75) is 5.41 Å². The van der Waals surface area contributed by atoms with E-state index in [0.717, 1.165) is 56.4 Å². The predicted octanol–water partition coefficient (Wildman–Crippen LogP) is 11.0. The summed E-state index contributed by atoms with van der Waals surface area (Å²) in [6.45, 7) is 0. The van der Waals surface area contributed by atoms with Crippen LogP contribution in [0.3, 0.4) is 0 Å². The van der Waals surface area contributed by atoms with Crippen molar-refractivity contribution in [3.05, 3.63) is 198 Å². The zero-order valence-corrected chi connectivity index (χ0v) is 27.0. The summed E-state index contributed by atoms with van der Waals surface area (Å²) in [4.78, 5) is 14.5. The molecule has 8 aromatic rings. The number of rotatable bonds is 4. The van der Waals surface area contributed by atoms with E-state index >= 15 is 0 Å². The average molecular weight is 640 g/mol. The number of nitrogens with zero attached hydrogens (tertiary/aromatic N) is 3. The van der Waals surface area contributed by atoms with Crippen LogP contribution >= 0.6 is 0 Å². The maximum atomic E-state index is 6.64. The molecular formula is C46H29N3O. The maximum absolute atomic E-state index is 6.64. The molecule has 0 fully saturated rings. The Morgan fingerprint density at radius 3 is 1.72 bits per heavy atom. The molecule has 2 aromatic heterocycles. The number of hydrogen-bond acceptors (Lipinski definition) is 4. The Kier molecular flexibility index (Phi) is 6.36. The van der Waals surface area contributed by atoms with Crippen LogP contribution in [-0.2, 0) is 5.41 Å². The van der Waals surface area contributed by atoms with Crippen LogP contribution < -0.4 is 4.74 Å². The number of benzene rings is 6. The largest absolute Gasteiger partial charge is 0.457 e. The standard InChI is InChI=1S/C46H29N3O/c1-2-12-32(13-3-1)45-48-41(29-42(49-45)40-19-10-11-27-47-40)31-23-21-30(22-24-31)33-25-26-44-39(28-33)46(38-18-8-9-20-43(38)50-44)36-16-6-4-14-34(36)35-15-5-7-17-37(35)46/h1-29H. The fraction of sp³-hybridized carbons (Fsp3) is 0.0217. The fourth-order valence-corrected chi connectivity index (χ4v) is 7.83. The third-order valence-electron chi connectivity index (χ3n) is 10.0. The number of aromatic nitrogens is 3. The summed E-state index contributed by atoms with van der Waals surface area (Å²) in [7, 11) is 0. The van der Waals surface area contributed by atoms with Crippen molar-refractivity contribution in [3.63, 3.8) is 0 Å². The molecule has 0 radical (unpaired) electrons. The van der Waals surface area contributed by atoms with Crippen molar-refractivity contribution in [2.24, 2.45) is 0 Å². The van der Waals surface area contributed by atoms with Crippen molar-refractivity contribution < 1.29 is 4.74 Å². The van der Waals surface area contributed by atoms with Crippen LogP contribution in [0.5, 0.6) is 11.5 Å². The summed E-state index contributed by atoms with van der Waals surface area (Å²) in [6.07, 6.45) is 1.79. The van der Waals surface area contributed by atoms with Gasteiger partial charge in [0.15, 0.2) is 5.82 Å². The summed E-state index contributed by atoms with van der Waals surface area (Å²) in [5, 5.41) is 0. The lowest BCUT2D eigenvalue weighted by atomic mass is 9.66. The molecule has 1 aliphatic carbocycles. The van der Waals surface area contributed by atoms with E-state index in [2.05, 4.69) is 120 Å². The van der Waals surface area contributed by atoms with Crippen molar-refractivity contribution in [2.75, 3.05) is 0 Å². The number of para-hydroxylation sites is 1. The molecule has 234 valence electrons.